The fraction of sp³-hybridized carbons (Fsp3) is 1.00. The third kappa shape index (κ3) is 11.4. The van der Waals surface area contributed by atoms with Gasteiger partial charge in [0.2, 0.25) is 0 Å². The average Bonchev–Trinajstić information content (AvgIpc) is 1.14. The molecule has 0 aromatic heterocycles. The van der Waals surface area contributed by atoms with Crippen LogP contribution in [0.4, 0.5) is 0 Å². The van der Waals surface area contributed by atoms with Gasteiger partial charge in [0.15, 0.2) is 0 Å². The van der Waals surface area contributed by atoms with Crippen LogP contribution in [0.5, 0.6) is 0 Å². The van der Waals surface area contributed by atoms with Gasteiger partial charge in [-0.2, -0.15) is 0 Å². The molecule has 0 radical (unpaired) electrons. The first-order chi connectivity index (χ1) is 3.71. The molecule has 10 heavy (non-hydrogen) atoms. The van der Waals surface area contributed by atoms with Gasteiger partial charge in [-0.05, 0) is 41.5 Å². The summed E-state index contributed by atoms with van der Waals surface area (Å²) in [6.07, 6.45) is 0. The Kier molecular flexibility index (Phi) is 5.05. The van der Waals surface area contributed by atoms with Gasteiger partial charge in [0.05, 0.1) is 11.2 Å². The van der Waals surface area contributed by atoms with Gasteiger partial charge in [-0.15, -0.1) is 0 Å². The van der Waals surface area contributed by atoms with E-state index < -0.39 is 0 Å². The molecule has 1 nitrogen and oxygen atoms in total. The molecule has 0 saturated carbocycles. The molecule has 0 aliphatic carbocycles. The summed E-state index contributed by atoms with van der Waals surface area (Å²) < 4.78 is 5.62. The van der Waals surface area contributed by atoms with Gasteiger partial charge in [0.1, 0.15) is 0 Å². The second-order valence-corrected chi connectivity index (χ2v) is 4.33. The van der Waals surface area contributed by atoms with Crippen molar-refractivity contribution in [2.45, 2.75) is 52.7 Å². The van der Waals surface area contributed by atoms with E-state index in [1.807, 2.05) is 0 Å². The Balaban J connectivity index is 0. The van der Waals surface area contributed by atoms with Gasteiger partial charge in [-0.25, -0.2) is 0 Å². The summed E-state index contributed by atoms with van der Waals surface area (Å²) in [5.41, 5.74) is -0.0312. The molecule has 0 heterocycles. The minimum absolute atomic E-state index is 0. The van der Waals surface area contributed by atoms with E-state index in [0.29, 0.717) is 0 Å². The van der Waals surface area contributed by atoms with Crippen molar-refractivity contribution in [1.29, 1.82) is 0 Å². The van der Waals surface area contributed by atoms with Crippen molar-refractivity contribution in [3.05, 3.63) is 0 Å². The molecule has 0 aromatic carbocycles. The molecule has 0 bridgehead atoms. The van der Waals surface area contributed by atoms with Crippen molar-refractivity contribution < 1.29 is 24.2 Å². The van der Waals surface area contributed by atoms with E-state index in [1.54, 1.807) is 0 Å². The Morgan fingerprint density at radius 1 is 0.700 bits per heavy atom. The Bertz CT molecular complexity index is 74.4. The Hall–Kier alpha value is 0.583. The van der Waals surface area contributed by atoms with E-state index in [1.165, 1.54) is 0 Å². The summed E-state index contributed by atoms with van der Waals surface area (Å²) in [6.45, 7) is 12.4. The van der Waals surface area contributed by atoms with E-state index in [-0.39, 0.29) is 30.7 Å². The standard InChI is InChI=1S/C8H18O.Ru/c1-7(2,3)9-8(4,5)6;/h1-6H3;. The zero-order valence-electron chi connectivity index (χ0n) is 7.76. The largest absolute Gasteiger partial charge is 0.370 e. The van der Waals surface area contributed by atoms with Crippen LogP contribution in [0, 0.1) is 0 Å². The Labute approximate surface area is 77.3 Å². The SMILES string of the molecule is CC(C)(C)OC(C)(C)C.[Ru]. The molecule has 2 heteroatoms. The molecule has 0 atom stereocenters. The minimum Gasteiger partial charge on any atom is -0.370 e. The Morgan fingerprint density at radius 3 is 0.900 bits per heavy atom. The van der Waals surface area contributed by atoms with Crippen molar-refractivity contribution in [2.75, 3.05) is 0 Å². The molecular weight excluding hydrogens is 213 g/mol. The number of hydrogen-bond acceptors (Lipinski definition) is 1. The second kappa shape index (κ2) is 3.83. The minimum atomic E-state index is -0.0156. The third-order valence-electron chi connectivity index (χ3n) is 0.612. The number of ether oxygens (including phenoxy) is 1. The summed E-state index contributed by atoms with van der Waals surface area (Å²) in [5.74, 6) is 0. The quantitative estimate of drug-likeness (QED) is 0.582. The Morgan fingerprint density at radius 2 is 0.900 bits per heavy atom. The van der Waals surface area contributed by atoms with Crippen LogP contribution in [0.1, 0.15) is 41.5 Å². The molecule has 0 spiro atoms. The van der Waals surface area contributed by atoms with Gasteiger partial charge in [-0.1, -0.05) is 0 Å². The van der Waals surface area contributed by atoms with Crippen molar-refractivity contribution in [1.82, 2.24) is 0 Å². The fourth-order valence-electron chi connectivity index (χ4n) is 0.919. The molecule has 0 saturated heterocycles. The van der Waals surface area contributed by atoms with Gasteiger partial charge >= 0.3 is 0 Å². The van der Waals surface area contributed by atoms with Crippen molar-refractivity contribution >= 4 is 0 Å². The van der Waals surface area contributed by atoms with Gasteiger partial charge in [0.25, 0.3) is 0 Å². The van der Waals surface area contributed by atoms with Gasteiger partial charge < -0.3 is 4.74 Å². The zero-order valence-corrected chi connectivity index (χ0v) is 9.50. The molecule has 0 fully saturated rings. The normalized spacial score (nSPS) is 12.6. The summed E-state index contributed by atoms with van der Waals surface area (Å²) in [4.78, 5) is 0. The topological polar surface area (TPSA) is 9.23 Å². The van der Waals surface area contributed by atoms with Crippen molar-refractivity contribution in [3.8, 4) is 0 Å². The van der Waals surface area contributed by atoms with Crippen LogP contribution in [0.15, 0.2) is 0 Å². The monoisotopic (exact) mass is 232 g/mol. The van der Waals surface area contributed by atoms with Crippen LogP contribution < -0.4 is 0 Å². The zero-order chi connectivity index (χ0) is 7.71. The molecule has 0 aliphatic heterocycles. The van der Waals surface area contributed by atoms with Crippen LogP contribution in [0.3, 0.4) is 0 Å². The first-order valence-electron chi connectivity index (χ1n) is 3.41. The second-order valence-electron chi connectivity index (χ2n) is 4.33. The van der Waals surface area contributed by atoms with E-state index in [4.69, 9.17) is 4.74 Å². The van der Waals surface area contributed by atoms with Crippen molar-refractivity contribution in [2.24, 2.45) is 0 Å². The number of rotatable bonds is 0. The van der Waals surface area contributed by atoms with E-state index in [9.17, 15) is 0 Å². The predicted molar refractivity (Wildman–Crippen MR) is 40.6 cm³/mol. The summed E-state index contributed by atoms with van der Waals surface area (Å²) >= 11 is 0. The fourth-order valence-corrected chi connectivity index (χ4v) is 0.919. The number of hydrogen-bond donors (Lipinski definition) is 0. The van der Waals surface area contributed by atoms with Crippen LogP contribution in [0.2, 0.25) is 0 Å². The first kappa shape index (κ1) is 13.2. The summed E-state index contributed by atoms with van der Waals surface area (Å²) in [6, 6.07) is 0. The van der Waals surface area contributed by atoms with Gasteiger partial charge in [0, 0.05) is 19.5 Å². The van der Waals surface area contributed by atoms with E-state index in [0.717, 1.165) is 0 Å². The van der Waals surface area contributed by atoms with Crippen molar-refractivity contribution in [3.63, 3.8) is 0 Å². The molecule has 0 amide bonds. The van der Waals surface area contributed by atoms with E-state index in [2.05, 4.69) is 41.5 Å². The van der Waals surface area contributed by atoms with Gasteiger partial charge in [-0.3, -0.25) is 0 Å². The summed E-state index contributed by atoms with van der Waals surface area (Å²) in [7, 11) is 0. The molecule has 0 aromatic rings. The van der Waals surface area contributed by atoms with Crippen LogP contribution in [-0.2, 0) is 24.2 Å². The predicted octanol–water partition coefficient (Wildman–Crippen LogP) is 2.60. The maximum absolute atomic E-state index is 5.62. The van der Waals surface area contributed by atoms with Crippen LogP contribution in [-0.4, -0.2) is 11.2 Å². The van der Waals surface area contributed by atoms with Crippen LogP contribution >= 0.6 is 0 Å². The first-order valence-corrected chi connectivity index (χ1v) is 3.41. The summed E-state index contributed by atoms with van der Waals surface area (Å²) in [5, 5.41) is 0. The molecule has 0 unspecified atom stereocenters. The molecule has 0 N–H and O–H groups in total. The molecule has 64 valence electrons. The third-order valence-corrected chi connectivity index (χ3v) is 0.612. The van der Waals surface area contributed by atoms with Crippen LogP contribution in [0.25, 0.3) is 0 Å². The maximum atomic E-state index is 5.62. The maximum Gasteiger partial charge on any atom is 0.0605 e. The molecular formula is C8H18ORu. The molecule has 0 aliphatic rings. The van der Waals surface area contributed by atoms with E-state index >= 15 is 0 Å². The smallest absolute Gasteiger partial charge is 0.0605 e. The molecule has 0 rings (SSSR count). The average molecular weight is 231 g/mol.